The molecule has 1 aromatic rings. The van der Waals surface area contributed by atoms with E-state index < -0.39 is 12.1 Å². The summed E-state index contributed by atoms with van der Waals surface area (Å²) in [7, 11) is 0. The highest BCUT2D eigenvalue weighted by molar-refractivity contribution is 5.97. The average molecular weight is 289 g/mol. The lowest BCUT2D eigenvalue weighted by molar-refractivity contribution is -0.122. The molecule has 1 aliphatic rings. The van der Waals surface area contributed by atoms with Crippen LogP contribution in [0.4, 0.5) is 4.79 Å². The van der Waals surface area contributed by atoms with E-state index in [1.807, 2.05) is 37.3 Å². The lowest BCUT2D eigenvalue weighted by Gasteiger charge is -2.22. The molecule has 0 saturated heterocycles. The molecule has 5 nitrogen and oxygen atoms in total. The van der Waals surface area contributed by atoms with Gasteiger partial charge in [-0.15, -0.1) is 0 Å². The monoisotopic (exact) mass is 289 g/mol. The molecule has 3 amide bonds. The molecule has 1 atom stereocenters. The molecule has 3 N–H and O–H groups in total. The van der Waals surface area contributed by atoms with E-state index in [4.69, 9.17) is 0 Å². The van der Waals surface area contributed by atoms with Crippen molar-refractivity contribution in [1.82, 2.24) is 16.0 Å². The third kappa shape index (κ3) is 4.56. The summed E-state index contributed by atoms with van der Waals surface area (Å²) in [5.41, 5.74) is 0.881. The van der Waals surface area contributed by atoms with Gasteiger partial charge >= 0.3 is 6.03 Å². The summed E-state index contributed by atoms with van der Waals surface area (Å²) in [6.45, 7) is 2.31. The van der Waals surface area contributed by atoms with Crippen LogP contribution in [0.2, 0.25) is 0 Å². The van der Waals surface area contributed by atoms with Gasteiger partial charge in [-0.3, -0.25) is 15.4 Å². The standard InChI is InChI=1S/C16H23N3O2/c1-2-17-16(21)19-15(20)14(12-8-4-3-5-9-12)18-13-10-6-7-11-13/h3-5,8-9,13-14,18H,2,6-7,10-11H2,1H3,(H2,17,19,20,21)/t14-/m1/s1. The molecule has 0 aliphatic heterocycles. The summed E-state index contributed by atoms with van der Waals surface area (Å²) < 4.78 is 0. The second-order valence-electron chi connectivity index (χ2n) is 5.34. The molecule has 1 aromatic carbocycles. The number of imide groups is 1. The summed E-state index contributed by atoms with van der Waals surface area (Å²) in [5.74, 6) is -0.306. The normalized spacial score (nSPS) is 16.4. The third-order valence-electron chi connectivity index (χ3n) is 3.73. The molecule has 1 fully saturated rings. The minimum absolute atomic E-state index is 0.306. The number of nitrogens with one attached hydrogen (secondary N) is 3. The second kappa shape index (κ2) is 7.78. The first-order chi connectivity index (χ1) is 10.2. The molecular formula is C16H23N3O2. The Bertz CT molecular complexity index is 470. The fraction of sp³-hybridized carbons (Fsp3) is 0.500. The van der Waals surface area contributed by atoms with Gasteiger partial charge in [0.25, 0.3) is 0 Å². The summed E-state index contributed by atoms with van der Waals surface area (Å²) in [4.78, 5) is 23.9. The number of amides is 3. The van der Waals surface area contributed by atoms with Gasteiger partial charge < -0.3 is 5.32 Å². The van der Waals surface area contributed by atoms with Crippen molar-refractivity contribution in [3.05, 3.63) is 35.9 Å². The van der Waals surface area contributed by atoms with Gasteiger partial charge in [0.1, 0.15) is 6.04 Å². The Kier molecular flexibility index (Phi) is 5.75. The molecule has 0 aromatic heterocycles. The number of carbonyl (C=O) groups is 2. The number of urea groups is 1. The van der Waals surface area contributed by atoms with Gasteiger partial charge in [-0.2, -0.15) is 0 Å². The Hall–Kier alpha value is -1.88. The molecule has 114 valence electrons. The van der Waals surface area contributed by atoms with E-state index in [1.54, 1.807) is 0 Å². The largest absolute Gasteiger partial charge is 0.338 e. The zero-order valence-electron chi connectivity index (χ0n) is 12.4. The molecule has 0 spiro atoms. The number of hydrogen-bond acceptors (Lipinski definition) is 3. The Morgan fingerprint density at radius 2 is 1.86 bits per heavy atom. The van der Waals surface area contributed by atoms with E-state index in [-0.39, 0.29) is 5.91 Å². The highest BCUT2D eigenvalue weighted by atomic mass is 16.2. The summed E-state index contributed by atoms with van der Waals surface area (Å²) in [6, 6.07) is 8.94. The maximum absolute atomic E-state index is 12.4. The van der Waals surface area contributed by atoms with Crippen LogP contribution in [0, 0.1) is 0 Å². The fourth-order valence-corrected chi connectivity index (χ4v) is 2.69. The van der Waals surface area contributed by atoms with E-state index in [2.05, 4.69) is 16.0 Å². The van der Waals surface area contributed by atoms with Crippen molar-refractivity contribution in [2.45, 2.75) is 44.7 Å². The molecule has 0 heterocycles. The lowest BCUT2D eigenvalue weighted by atomic mass is 10.0. The molecule has 5 heteroatoms. The number of hydrogen-bond donors (Lipinski definition) is 3. The van der Waals surface area contributed by atoms with Gasteiger partial charge in [0.15, 0.2) is 0 Å². The van der Waals surface area contributed by atoms with Crippen molar-refractivity contribution in [1.29, 1.82) is 0 Å². The quantitative estimate of drug-likeness (QED) is 0.777. The van der Waals surface area contributed by atoms with Crippen molar-refractivity contribution in [3.63, 3.8) is 0 Å². The lowest BCUT2D eigenvalue weighted by Crippen LogP contribution is -2.46. The van der Waals surface area contributed by atoms with Gasteiger partial charge in [-0.1, -0.05) is 43.2 Å². The van der Waals surface area contributed by atoms with Gasteiger partial charge in [0, 0.05) is 12.6 Å². The van der Waals surface area contributed by atoms with Crippen LogP contribution in [0.5, 0.6) is 0 Å². The summed E-state index contributed by atoms with van der Waals surface area (Å²) in [5, 5.41) is 8.37. The van der Waals surface area contributed by atoms with E-state index >= 15 is 0 Å². The van der Waals surface area contributed by atoms with Crippen LogP contribution in [-0.4, -0.2) is 24.5 Å². The molecule has 21 heavy (non-hydrogen) atoms. The Morgan fingerprint density at radius 1 is 1.19 bits per heavy atom. The Balaban J connectivity index is 2.07. The highest BCUT2D eigenvalue weighted by Crippen LogP contribution is 2.22. The first-order valence-corrected chi connectivity index (χ1v) is 7.60. The zero-order chi connectivity index (χ0) is 15.1. The van der Waals surface area contributed by atoms with E-state index in [9.17, 15) is 9.59 Å². The number of carbonyl (C=O) groups excluding carboxylic acids is 2. The molecule has 0 radical (unpaired) electrons. The topological polar surface area (TPSA) is 70.2 Å². The van der Waals surface area contributed by atoms with Crippen LogP contribution in [0.25, 0.3) is 0 Å². The van der Waals surface area contributed by atoms with Gasteiger partial charge in [-0.25, -0.2) is 4.79 Å². The number of rotatable bonds is 5. The van der Waals surface area contributed by atoms with Crippen molar-refractivity contribution in [2.75, 3.05) is 6.54 Å². The van der Waals surface area contributed by atoms with Gasteiger partial charge in [-0.05, 0) is 25.3 Å². The summed E-state index contributed by atoms with van der Waals surface area (Å²) in [6.07, 6.45) is 4.55. The fourth-order valence-electron chi connectivity index (χ4n) is 2.69. The van der Waals surface area contributed by atoms with Crippen LogP contribution in [-0.2, 0) is 4.79 Å². The van der Waals surface area contributed by atoms with E-state index in [1.165, 1.54) is 12.8 Å². The molecule has 0 unspecified atom stereocenters. The summed E-state index contributed by atoms with van der Waals surface area (Å²) >= 11 is 0. The van der Waals surface area contributed by atoms with Crippen LogP contribution in [0.1, 0.15) is 44.2 Å². The minimum Gasteiger partial charge on any atom is -0.338 e. The van der Waals surface area contributed by atoms with Crippen LogP contribution in [0.3, 0.4) is 0 Å². The van der Waals surface area contributed by atoms with Crippen molar-refractivity contribution < 1.29 is 9.59 Å². The first kappa shape index (κ1) is 15.5. The first-order valence-electron chi connectivity index (χ1n) is 7.60. The molecule has 0 bridgehead atoms. The highest BCUT2D eigenvalue weighted by Gasteiger charge is 2.26. The minimum atomic E-state index is -0.489. The SMILES string of the molecule is CCNC(=O)NC(=O)[C@H](NC1CCCC1)c1ccccc1. The average Bonchev–Trinajstić information content (AvgIpc) is 2.99. The van der Waals surface area contributed by atoms with Crippen molar-refractivity contribution >= 4 is 11.9 Å². The van der Waals surface area contributed by atoms with Crippen LogP contribution >= 0.6 is 0 Å². The van der Waals surface area contributed by atoms with E-state index in [0.717, 1.165) is 18.4 Å². The predicted octanol–water partition coefficient (Wildman–Crippen LogP) is 2.11. The molecule has 1 saturated carbocycles. The Morgan fingerprint density at radius 3 is 2.48 bits per heavy atom. The van der Waals surface area contributed by atoms with Crippen molar-refractivity contribution in [2.24, 2.45) is 0 Å². The maximum Gasteiger partial charge on any atom is 0.321 e. The molecule has 1 aliphatic carbocycles. The van der Waals surface area contributed by atoms with Crippen LogP contribution in [0.15, 0.2) is 30.3 Å². The third-order valence-corrected chi connectivity index (χ3v) is 3.73. The molecular weight excluding hydrogens is 266 g/mol. The van der Waals surface area contributed by atoms with Gasteiger partial charge in [0.05, 0.1) is 0 Å². The second-order valence-corrected chi connectivity index (χ2v) is 5.34. The molecule has 2 rings (SSSR count). The smallest absolute Gasteiger partial charge is 0.321 e. The maximum atomic E-state index is 12.4. The zero-order valence-corrected chi connectivity index (χ0v) is 12.4. The number of benzene rings is 1. The Labute approximate surface area is 125 Å². The van der Waals surface area contributed by atoms with Gasteiger partial charge in [0.2, 0.25) is 5.91 Å². The van der Waals surface area contributed by atoms with Crippen LogP contribution < -0.4 is 16.0 Å². The van der Waals surface area contributed by atoms with Crippen molar-refractivity contribution in [3.8, 4) is 0 Å². The van der Waals surface area contributed by atoms with E-state index in [0.29, 0.717) is 12.6 Å². The predicted molar refractivity (Wildman–Crippen MR) is 81.8 cm³/mol.